The molecule has 0 radical (unpaired) electrons. The lowest BCUT2D eigenvalue weighted by molar-refractivity contribution is 0.282. The van der Waals surface area contributed by atoms with Crippen LogP contribution in [0.2, 0.25) is 0 Å². The summed E-state index contributed by atoms with van der Waals surface area (Å²) in [7, 11) is 2.08. The third-order valence-electron chi connectivity index (χ3n) is 2.46. The van der Waals surface area contributed by atoms with Gasteiger partial charge in [0, 0.05) is 0 Å². The van der Waals surface area contributed by atoms with Gasteiger partial charge < -0.3 is 5.11 Å². The van der Waals surface area contributed by atoms with E-state index in [1.54, 1.807) is 0 Å². The minimum absolute atomic E-state index is 0.0969. The van der Waals surface area contributed by atoms with Crippen LogP contribution in [0.3, 0.4) is 0 Å². The standard InChI is InChI=1S/C13H13BO/c14-13-6-2-5-12(8-13)11-4-1-3-10(7-11)9-15/h1-8,15H,9,14H2. The molecule has 0 atom stereocenters. The first-order valence-corrected chi connectivity index (χ1v) is 5.06. The number of benzene rings is 2. The molecule has 0 fully saturated rings. The molecule has 0 aliphatic heterocycles. The molecule has 0 aromatic heterocycles. The summed E-state index contributed by atoms with van der Waals surface area (Å²) >= 11 is 0. The van der Waals surface area contributed by atoms with Gasteiger partial charge in [-0.2, -0.15) is 0 Å². The third kappa shape index (κ3) is 2.28. The maximum Gasteiger partial charge on any atom is 0.139 e. The topological polar surface area (TPSA) is 20.2 Å². The Hall–Kier alpha value is -1.54. The number of hydrogen-bond donors (Lipinski definition) is 1. The molecule has 2 aromatic rings. The molecule has 0 saturated heterocycles. The predicted molar refractivity (Wildman–Crippen MR) is 66.0 cm³/mol. The summed E-state index contributed by atoms with van der Waals surface area (Å²) in [6, 6.07) is 16.4. The van der Waals surface area contributed by atoms with Crippen molar-refractivity contribution in [3.8, 4) is 11.1 Å². The van der Waals surface area contributed by atoms with E-state index < -0.39 is 0 Å². The normalized spacial score (nSPS) is 10.2. The largest absolute Gasteiger partial charge is 0.392 e. The van der Waals surface area contributed by atoms with E-state index in [0.717, 1.165) is 11.1 Å². The van der Waals surface area contributed by atoms with Gasteiger partial charge in [-0.1, -0.05) is 47.9 Å². The average molecular weight is 196 g/mol. The van der Waals surface area contributed by atoms with Gasteiger partial charge in [-0.3, -0.25) is 0 Å². The summed E-state index contributed by atoms with van der Waals surface area (Å²) in [4.78, 5) is 0. The minimum atomic E-state index is 0.0969. The van der Waals surface area contributed by atoms with E-state index in [0.29, 0.717) is 0 Å². The lowest BCUT2D eigenvalue weighted by Crippen LogP contribution is -2.00. The zero-order valence-electron chi connectivity index (χ0n) is 8.77. The molecule has 0 spiro atoms. The molecular formula is C13H13BO. The van der Waals surface area contributed by atoms with Crippen LogP contribution in [0.4, 0.5) is 0 Å². The van der Waals surface area contributed by atoms with Gasteiger partial charge in [0.25, 0.3) is 0 Å². The van der Waals surface area contributed by atoms with Crippen LogP contribution in [0.5, 0.6) is 0 Å². The SMILES string of the molecule is Bc1cccc(-c2cccc(CO)c2)c1. The van der Waals surface area contributed by atoms with Crippen LogP contribution in [0.1, 0.15) is 5.56 Å². The fourth-order valence-electron chi connectivity index (χ4n) is 1.67. The maximum atomic E-state index is 9.06. The van der Waals surface area contributed by atoms with Crippen molar-refractivity contribution in [3.05, 3.63) is 54.1 Å². The van der Waals surface area contributed by atoms with E-state index in [9.17, 15) is 0 Å². The first-order valence-electron chi connectivity index (χ1n) is 5.06. The second kappa shape index (κ2) is 4.32. The van der Waals surface area contributed by atoms with E-state index in [2.05, 4.69) is 38.2 Å². The molecule has 0 amide bonds. The summed E-state index contributed by atoms with van der Waals surface area (Å²) < 4.78 is 0. The lowest BCUT2D eigenvalue weighted by Gasteiger charge is -2.04. The fraction of sp³-hybridized carbons (Fsp3) is 0.0769. The minimum Gasteiger partial charge on any atom is -0.392 e. The number of aliphatic hydroxyl groups excluding tert-OH is 1. The van der Waals surface area contributed by atoms with Gasteiger partial charge in [0.15, 0.2) is 0 Å². The third-order valence-corrected chi connectivity index (χ3v) is 2.46. The molecule has 0 unspecified atom stereocenters. The van der Waals surface area contributed by atoms with Gasteiger partial charge in [0.1, 0.15) is 7.85 Å². The highest BCUT2D eigenvalue weighted by molar-refractivity contribution is 6.32. The van der Waals surface area contributed by atoms with E-state index in [4.69, 9.17) is 5.11 Å². The van der Waals surface area contributed by atoms with Crippen molar-refractivity contribution >= 4 is 13.3 Å². The van der Waals surface area contributed by atoms with E-state index in [1.807, 2.05) is 18.2 Å². The van der Waals surface area contributed by atoms with Crippen LogP contribution < -0.4 is 5.46 Å². The number of aliphatic hydroxyl groups is 1. The molecule has 1 nitrogen and oxygen atoms in total. The molecule has 1 N–H and O–H groups in total. The lowest BCUT2D eigenvalue weighted by atomic mass is 9.92. The highest BCUT2D eigenvalue weighted by atomic mass is 16.3. The molecule has 0 aliphatic carbocycles. The predicted octanol–water partition coefficient (Wildman–Crippen LogP) is 1.10. The number of hydrogen-bond acceptors (Lipinski definition) is 1. The first-order chi connectivity index (χ1) is 7.29. The van der Waals surface area contributed by atoms with Crippen LogP contribution in [0, 0.1) is 0 Å². The zero-order valence-corrected chi connectivity index (χ0v) is 8.77. The highest BCUT2D eigenvalue weighted by Crippen LogP contribution is 2.19. The molecule has 0 heterocycles. The summed E-state index contributed by atoms with van der Waals surface area (Å²) in [5.74, 6) is 0. The molecular weight excluding hydrogens is 183 g/mol. The van der Waals surface area contributed by atoms with Crippen LogP contribution in [0.15, 0.2) is 48.5 Å². The first kappa shape index (κ1) is 10.00. The molecule has 15 heavy (non-hydrogen) atoms. The Balaban J connectivity index is 2.44. The Bertz CT molecular complexity index is 466. The van der Waals surface area contributed by atoms with Gasteiger partial charge in [0.2, 0.25) is 0 Å². The molecule has 0 aliphatic rings. The van der Waals surface area contributed by atoms with Gasteiger partial charge in [-0.05, 0) is 22.8 Å². The zero-order chi connectivity index (χ0) is 10.7. The molecule has 2 aromatic carbocycles. The second-order valence-corrected chi connectivity index (χ2v) is 3.73. The summed E-state index contributed by atoms with van der Waals surface area (Å²) in [6.07, 6.45) is 0. The van der Waals surface area contributed by atoms with Crippen LogP contribution >= 0.6 is 0 Å². The molecule has 0 bridgehead atoms. The highest BCUT2D eigenvalue weighted by Gasteiger charge is 1.98. The van der Waals surface area contributed by atoms with Gasteiger partial charge in [-0.25, -0.2) is 0 Å². The monoisotopic (exact) mass is 196 g/mol. The van der Waals surface area contributed by atoms with Gasteiger partial charge >= 0.3 is 0 Å². The van der Waals surface area contributed by atoms with Crippen molar-refractivity contribution in [2.75, 3.05) is 0 Å². The Labute approximate surface area is 90.8 Å². The van der Waals surface area contributed by atoms with Crippen LogP contribution in [0.25, 0.3) is 11.1 Å². The van der Waals surface area contributed by atoms with Gasteiger partial charge in [0.05, 0.1) is 6.61 Å². The average Bonchev–Trinajstić information content (AvgIpc) is 2.29. The second-order valence-electron chi connectivity index (χ2n) is 3.73. The van der Waals surface area contributed by atoms with E-state index in [1.165, 1.54) is 11.0 Å². The maximum absolute atomic E-state index is 9.06. The molecule has 0 saturated carbocycles. The molecule has 2 rings (SSSR count). The quantitative estimate of drug-likeness (QED) is 0.713. The van der Waals surface area contributed by atoms with Crippen molar-refractivity contribution in [1.82, 2.24) is 0 Å². The van der Waals surface area contributed by atoms with Crippen LogP contribution in [-0.2, 0) is 6.61 Å². The fourth-order valence-corrected chi connectivity index (χ4v) is 1.67. The van der Waals surface area contributed by atoms with Gasteiger partial charge in [-0.15, -0.1) is 0 Å². The van der Waals surface area contributed by atoms with Crippen molar-refractivity contribution < 1.29 is 5.11 Å². The number of rotatable bonds is 2. The van der Waals surface area contributed by atoms with E-state index in [-0.39, 0.29) is 6.61 Å². The Kier molecular flexibility index (Phi) is 2.88. The smallest absolute Gasteiger partial charge is 0.139 e. The Morgan fingerprint density at radius 3 is 2.27 bits per heavy atom. The van der Waals surface area contributed by atoms with Crippen molar-refractivity contribution in [1.29, 1.82) is 0 Å². The van der Waals surface area contributed by atoms with Crippen molar-refractivity contribution in [2.24, 2.45) is 0 Å². The Morgan fingerprint density at radius 1 is 0.933 bits per heavy atom. The van der Waals surface area contributed by atoms with E-state index >= 15 is 0 Å². The van der Waals surface area contributed by atoms with Crippen molar-refractivity contribution in [2.45, 2.75) is 6.61 Å². The van der Waals surface area contributed by atoms with Crippen LogP contribution in [-0.4, -0.2) is 13.0 Å². The Morgan fingerprint density at radius 2 is 1.60 bits per heavy atom. The summed E-state index contributed by atoms with van der Waals surface area (Å²) in [5, 5.41) is 9.06. The molecule has 74 valence electrons. The summed E-state index contributed by atoms with van der Waals surface area (Å²) in [5.41, 5.74) is 4.56. The molecule has 2 heteroatoms. The summed E-state index contributed by atoms with van der Waals surface area (Å²) in [6.45, 7) is 0.0969. The van der Waals surface area contributed by atoms with Crippen molar-refractivity contribution in [3.63, 3.8) is 0 Å².